The van der Waals surface area contributed by atoms with Crippen molar-refractivity contribution in [3.05, 3.63) is 53.1 Å². The minimum atomic E-state index is 0.273. The maximum absolute atomic E-state index is 6.01. The summed E-state index contributed by atoms with van der Waals surface area (Å²) in [7, 11) is 1.91. The molecule has 1 aliphatic rings. The quantitative estimate of drug-likeness (QED) is 0.916. The lowest BCUT2D eigenvalue weighted by Crippen LogP contribution is -2.08. The second kappa shape index (κ2) is 6.06. The number of hydrogen-bond acceptors (Lipinski definition) is 4. The van der Waals surface area contributed by atoms with Gasteiger partial charge in [0.25, 0.3) is 0 Å². The van der Waals surface area contributed by atoms with Crippen molar-refractivity contribution in [2.24, 2.45) is 0 Å². The standard InChI is InChI=1S/C17H19NO3/c1-12-5-3-4-6-13(12)10-19-15-8-17-16(20-11-21-17)7-14(15)9-18-2/h3-8,18H,9-11H2,1-2H3. The van der Waals surface area contributed by atoms with E-state index in [0.29, 0.717) is 6.61 Å². The van der Waals surface area contributed by atoms with E-state index >= 15 is 0 Å². The molecule has 1 N–H and O–H groups in total. The number of nitrogens with one attached hydrogen (secondary N) is 1. The first-order chi connectivity index (χ1) is 10.3. The lowest BCUT2D eigenvalue weighted by atomic mass is 10.1. The second-order valence-electron chi connectivity index (χ2n) is 5.06. The van der Waals surface area contributed by atoms with E-state index in [2.05, 4.69) is 24.4 Å². The number of aryl methyl sites for hydroxylation is 1. The van der Waals surface area contributed by atoms with E-state index < -0.39 is 0 Å². The molecule has 4 heteroatoms. The summed E-state index contributed by atoms with van der Waals surface area (Å²) in [5, 5.41) is 3.15. The molecule has 1 aliphatic heterocycles. The fourth-order valence-electron chi connectivity index (χ4n) is 2.36. The zero-order valence-corrected chi connectivity index (χ0v) is 12.3. The molecular weight excluding hydrogens is 266 g/mol. The van der Waals surface area contributed by atoms with E-state index in [-0.39, 0.29) is 6.79 Å². The smallest absolute Gasteiger partial charge is 0.231 e. The molecular formula is C17H19NO3. The highest BCUT2D eigenvalue weighted by Crippen LogP contribution is 2.38. The van der Waals surface area contributed by atoms with Crippen molar-refractivity contribution in [1.82, 2.24) is 5.32 Å². The molecule has 0 bridgehead atoms. The first kappa shape index (κ1) is 13.8. The van der Waals surface area contributed by atoms with Gasteiger partial charge in [-0.2, -0.15) is 0 Å². The topological polar surface area (TPSA) is 39.7 Å². The van der Waals surface area contributed by atoms with Gasteiger partial charge in [0.1, 0.15) is 12.4 Å². The zero-order valence-electron chi connectivity index (χ0n) is 12.3. The number of ether oxygens (including phenoxy) is 3. The van der Waals surface area contributed by atoms with Gasteiger partial charge in [0.15, 0.2) is 11.5 Å². The van der Waals surface area contributed by atoms with Crippen LogP contribution in [0.2, 0.25) is 0 Å². The average molecular weight is 285 g/mol. The fraction of sp³-hybridized carbons (Fsp3) is 0.294. The molecule has 0 aliphatic carbocycles. The highest BCUT2D eigenvalue weighted by atomic mass is 16.7. The maximum Gasteiger partial charge on any atom is 0.231 e. The van der Waals surface area contributed by atoms with E-state index in [0.717, 1.165) is 29.4 Å². The molecule has 3 rings (SSSR count). The van der Waals surface area contributed by atoms with Crippen molar-refractivity contribution in [1.29, 1.82) is 0 Å². The zero-order chi connectivity index (χ0) is 14.7. The van der Waals surface area contributed by atoms with Gasteiger partial charge in [0.05, 0.1) is 0 Å². The maximum atomic E-state index is 6.01. The van der Waals surface area contributed by atoms with Crippen LogP contribution in [0.5, 0.6) is 17.2 Å². The molecule has 1 heterocycles. The van der Waals surface area contributed by atoms with Crippen LogP contribution in [0.3, 0.4) is 0 Å². The van der Waals surface area contributed by atoms with Gasteiger partial charge in [-0.05, 0) is 31.2 Å². The normalized spacial score (nSPS) is 12.5. The van der Waals surface area contributed by atoms with Gasteiger partial charge in [-0.25, -0.2) is 0 Å². The van der Waals surface area contributed by atoms with Crippen molar-refractivity contribution < 1.29 is 14.2 Å². The summed E-state index contributed by atoms with van der Waals surface area (Å²) in [5.74, 6) is 2.36. The Morgan fingerprint density at radius 3 is 2.62 bits per heavy atom. The van der Waals surface area contributed by atoms with Crippen LogP contribution < -0.4 is 19.5 Å². The Morgan fingerprint density at radius 1 is 1.10 bits per heavy atom. The van der Waals surface area contributed by atoms with Gasteiger partial charge >= 0.3 is 0 Å². The lowest BCUT2D eigenvalue weighted by molar-refractivity contribution is 0.173. The third-order valence-electron chi connectivity index (χ3n) is 3.57. The van der Waals surface area contributed by atoms with E-state index in [9.17, 15) is 0 Å². The summed E-state index contributed by atoms with van der Waals surface area (Å²) in [6.07, 6.45) is 0. The summed E-state index contributed by atoms with van der Waals surface area (Å²) in [5.41, 5.74) is 3.48. The number of benzene rings is 2. The number of rotatable bonds is 5. The highest BCUT2D eigenvalue weighted by molar-refractivity contribution is 5.52. The van der Waals surface area contributed by atoms with Crippen molar-refractivity contribution >= 4 is 0 Å². The molecule has 2 aromatic rings. The third-order valence-corrected chi connectivity index (χ3v) is 3.57. The largest absolute Gasteiger partial charge is 0.488 e. The third kappa shape index (κ3) is 2.95. The van der Waals surface area contributed by atoms with Crippen LogP contribution in [0.4, 0.5) is 0 Å². The van der Waals surface area contributed by atoms with Crippen LogP contribution in [0.25, 0.3) is 0 Å². The van der Waals surface area contributed by atoms with Crippen molar-refractivity contribution in [3.63, 3.8) is 0 Å². The summed E-state index contributed by atoms with van der Waals surface area (Å²) in [4.78, 5) is 0. The van der Waals surface area contributed by atoms with Gasteiger partial charge < -0.3 is 19.5 Å². The van der Waals surface area contributed by atoms with Gasteiger partial charge in [-0.15, -0.1) is 0 Å². The molecule has 0 saturated carbocycles. The van der Waals surface area contributed by atoms with E-state index in [4.69, 9.17) is 14.2 Å². The molecule has 0 spiro atoms. The molecule has 0 amide bonds. The molecule has 21 heavy (non-hydrogen) atoms. The predicted molar refractivity (Wildman–Crippen MR) is 80.8 cm³/mol. The molecule has 0 saturated heterocycles. The number of fused-ring (bicyclic) bond motifs is 1. The highest BCUT2D eigenvalue weighted by Gasteiger charge is 2.18. The van der Waals surface area contributed by atoms with Crippen LogP contribution in [0.1, 0.15) is 16.7 Å². The van der Waals surface area contributed by atoms with Crippen molar-refractivity contribution in [2.45, 2.75) is 20.1 Å². The monoisotopic (exact) mass is 285 g/mol. The van der Waals surface area contributed by atoms with Crippen molar-refractivity contribution in [3.8, 4) is 17.2 Å². The Labute approximate surface area is 124 Å². The average Bonchev–Trinajstić information content (AvgIpc) is 2.94. The SMILES string of the molecule is CNCc1cc2c(cc1OCc1ccccc1C)OCO2. The van der Waals surface area contributed by atoms with Gasteiger partial charge in [0, 0.05) is 18.2 Å². The van der Waals surface area contributed by atoms with E-state index in [1.807, 2.05) is 31.3 Å². The Balaban J connectivity index is 1.82. The van der Waals surface area contributed by atoms with Gasteiger partial charge in [-0.3, -0.25) is 0 Å². The van der Waals surface area contributed by atoms with Crippen LogP contribution in [0.15, 0.2) is 36.4 Å². The molecule has 2 aromatic carbocycles. The Bertz CT molecular complexity index is 640. The first-order valence-electron chi connectivity index (χ1n) is 7.02. The van der Waals surface area contributed by atoms with Crippen LogP contribution in [-0.4, -0.2) is 13.8 Å². The lowest BCUT2D eigenvalue weighted by Gasteiger charge is -2.13. The van der Waals surface area contributed by atoms with E-state index in [1.165, 1.54) is 11.1 Å². The van der Waals surface area contributed by atoms with Gasteiger partial charge in [-0.1, -0.05) is 24.3 Å². The predicted octanol–water partition coefficient (Wildman–Crippen LogP) is 3.02. The van der Waals surface area contributed by atoms with Crippen LogP contribution in [0, 0.1) is 6.92 Å². The minimum absolute atomic E-state index is 0.273. The summed E-state index contributed by atoms with van der Waals surface area (Å²) in [6.45, 7) is 3.63. The molecule has 0 aromatic heterocycles. The van der Waals surface area contributed by atoms with Gasteiger partial charge in [0.2, 0.25) is 6.79 Å². The Hall–Kier alpha value is -2.20. The molecule has 0 radical (unpaired) electrons. The molecule has 4 nitrogen and oxygen atoms in total. The second-order valence-corrected chi connectivity index (χ2v) is 5.06. The molecule has 0 fully saturated rings. The molecule has 110 valence electrons. The summed E-state index contributed by atoms with van der Waals surface area (Å²) >= 11 is 0. The van der Waals surface area contributed by atoms with E-state index in [1.54, 1.807) is 0 Å². The Kier molecular flexibility index (Phi) is 3.97. The summed E-state index contributed by atoms with van der Waals surface area (Å²) < 4.78 is 16.8. The van der Waals surface area contributed by atoms with Crippen molar-refractivity contribution in [2.75, 3.05) is 13.8 Å². The molecule has 0 unspecified atom stereocenters. The van der Waals surface area contributed by atoms with Crippen LogP contribution >= 0.6 is 0 Å². The summed E-state index contributed by atoms with van der Waals surface area (Å²) in [6, 6.07) is 12.1. The fourth-order valence-corrected chi connectivity index (χ4v) is 2.36. The minimum Gasteiger partial charge on any atom is -0.488 e. The molecule has 0 atom stereocenters. The Morgan fingerprint density at radius 2 is 1.86 bits per heavy atom. The first-order valence-corrected chi connectivity index (χ1v) is 7.02. The van der Waals surface area contributed by atoms with Crippen LogP contribution in [-0.2, 0) is 13.2 Å². The number of hydrogen-bond donors (Lipinski definition) is 1.